The Morgan fingerprint density at radius 3 is 1.15 bits per heavy atom. The first-order chi connectivity index (χ1) is 49.8. The van der Waals surface area contributed by atoms with Crippen LogP contribution in [0.25, 0.3) is 112 Å². The maximum atomic E-state index is 4.91. The van der Waals surface area contributed by atoms with Gasteiger partial charge in [0.05, 0.1) is 22.8 Å². The molecule has 13 aromatic carbocycles. The van der Waals surface area contributed by atoms with Crippen molar-refractivity contribution in [3.8, 4) is 112 Å². The highest BCUT2D eigenvalue weighted by atomic mass is 79.9. The van der Waals surface area contributed by atoms with Crippen LogP contribution in [0.1, 0.15) is 11.1 Å². The minimum Gasteiger partial charge on any atom is -0.355 e. The van der Waals surface area contributed by atoms with Gasteiger partial charge in [0.25, 0.3) is 0 Å². The SMILES string of the molecule is Brc1cccc(-c2cccc(-c3ccccc3)c2)c1.Cc1cnc(-c2cccc(N(c3cccc(-c4cc(-c5ccccc5)ccn4)c3)c3ccccc3-c3ccccc3)c2)cc1-c1ccccc1.Cc1cnc(-c2cccc(Nc3ccccc3-c3ccccc3)c2)cc1-c1ccccc1. The number of benzene rings is 13. The number of anilines is 5. The van der Waals surface area contributed by atoms with Gasteiger partial charge in [-0.2, -0.15) is 0 Å². The number of rotatable bonds is 15. The number of pyridine rings is 3. The zero-order chi connectivity index (χ0) is 68.5. The Labute approximate surface area is 601 Å². The van der Waals surface area contributed by atoms with E-state index in [2.05, 4.69) is 386 Å². The molecule has 101 heavy (non-hydrogen) atoms. The molecular formula is C95H72BrN5. The van der Waals surface area contributed by atoms with Crippen LogP contribution >= 0.6 is 15.9 Å². The molecule has 0 saturated heterocycles. The summed E-state index contributed by atoms with van der Waals surface area (Å²) in [5, 5.41) is 3.61. The second kappa shape index (κ2) is 31.7. The van der Waals surface area contributed by atoms with Crippen LogP contribution in [-0.4, -0.2) is 15.0 Å². The van der Waals surface area contributed by atoms with E-state index >= 15 is 0 Å². The molecule has 0 atom stereocenters. The predicted molar refractivity (Wildman–Crippen MR) is 429 cm³/mol. The van der Waals surface area contributed by atoms with Crippen molar-refractivity contribution in [1.29, 1.82) is 0 Å². The number of para-hydroxylation sites is 2. The molecule has 0 bridgehead atoms. The summed E-state index contributed by atoms with van der Waals surface area (Å²) in [6.07, 6.45) is 5.84. The third-order valence-corrected chi connectivity index (χ3v) is 18.3. The molecule has 1 N–H and O–H groups in total. The zero-order valence-corrected chi connectivity index (χ0v) is 57.8. The third kappa shape index (κ3) is 16.0. The lowest BCUT2D eigenvalue weighted by Gasteiger charge is -2.28. The monoisotopic (exact) mass is 1360 g/mol. The molecule has 0 spiro atoms. The van der Waals surface area contributed by atoms with Gasteiger partial charge in [0.15, 0.2) is 0 Å². The number of nitrogens with one attached hydrogen (secondary N) is 1. The Balaban J connectivity index is 0.000000144. The Morgan fingerprint density at radius 1 is 0.257 bits per heavy atom. The number of nitrogens with zero attached hydrogens (tertiary/aromatic N) is 4. The summed E-state index contributed by atoms with van der Waals surface area (Å²) in [5.74, 6) is 0. The van der Waals surface area contributed by atoms with E-state index < -0.39 is 0 Å². The van der Waals surface area contributed by atoms with E-state index in [-0.39, 0.29) is 0 Å². The maximum Gasteiger partial charge on any atom is 0.0709 e. The number of hydrogen-bond acceptors (Lipinski definition) is 5. The lowest BCUT2D eigenvalue weighted by Crippen LogP contribution is -2.11. The van der Waals surface area contributed by atoms with E-state index in [0.717, 1.165) is 88.9 Å². The fourth-order valence-corrected chi connectivity index (χ4v) is 13.1. The first-order valence-electron chi connectivity index (χ1n) is 34.0. The first-order valence-corrected chi connectivity index (χ1v) is 34.8. The topological polar surface area (TPSA) is 53.9 Å². The van der Waals surface area contributed by atoms with E-state index in [1.807, 2.05) is 48.9 Å². The number of aryl methyl sites for hydroxylation is 2. The molecule has 5 nitrogen and oxygen atoms in total. The van der Waals surface area contributed by atoms with Crippen LogP contribution < -0.4 is 10.2 Å². The lowest BCUT2D eigenvalue weighted by atomic mass is 9.98. The largest absolute Gasteiger partial charge is 0.355 e. The summed E-state index contributed by atoms with van der Waals surface area (Å²) in [4.78, 5) is 16.8. The molecule has 16 aromatic rings. The number of halogens is 1. The zero-order valence-electron chi connectivity index (χ0n) is 56.2. The molecule has 0 aliphatic rings. The summed E-state index contributed by atoms with van der Waals surface area (Å²) in [7, 11) is 0. The minimum atomic E-state index is 0.926. The van der Waals surface area contributed by atoms with Gasteiger partial charge in [-0.15, -0.1) is 0 Å². The van der Waals surface area contributed by atoms with Gasteiger partial charge in [-0.3, -0.25) is 15.0 Å². The van der Waals surface area contributed by atoms with Crippen LogP contribution in [0.5, 0.6) is 0 Å². The van der Waals surface area contributed by atoms with Crippen molar-refractivity contribution >= 4 is 44.4 Å². The van der Waals surface area contributed by atoms with Crippen molar-refractivity contribution in [3.05, 3.63) is 410 Å². The average molecular weight is 1360 g/mol. The van der Waals surface area contributed by atoms with Gasteiger partial charge in [0, 0.05) is 73.6 Å². The molecule has 0 aliphatic heterocycles. The highest BCUT2D eigenvalue weighted by Gasteiger charge is 2.20. The summed E-state index contributed by atoms with van der Waals surface area (Å²) in [6.45, 7) is 4.23. The third-order valence-electron chi connectivity index (χ3n) is 17.8. The summed E-state index contributed by atoms with van der Waals surface area (Å²) < 4.78 is 1.11. The van der Waals surface area contributed by atoms with Crippen molar-refractivity contribution in [3.63, 3.8) is 0 Å². The summed E-state index contributed by atoms with van der Waals surface area (Å²) >= 11 is 3.52. The second-order valence-electron chi connectivity index (χ2n) is 24.7. The van der Waals surface area contributed by atoms with Crippen molar-refractivity contribution in [1.82, 2.24) is 15.0 Å². The second-order valence-corrected chi connectivity index (χ2v) is 25.6. The minimum absolute atomic E-state index is 0.926. The van der Waals surface area contributed by atoms with E-state index in [0.29, 0.717) is 0 Å². The molecule has 6 heteroatoms. The molecule has 0 radical (unpaired) electrons. The van der Waals surface area contributed by atoms with E-state index in [1.54, 1.807) is 0 Å². The summed E-state index contributed by atoms with van der Waals surface area (Å²) in [5.41, 5.74) is 30.4. The fourth-order valence-electron chi connectivity index (χ4n) is 12.7. The lowest BCUT2D eigenvalue weighted by molar-refractivity contribution is 1.25. The normalized spacial score (nSPS) is 10.7. The van der Waals surface area contributed by atoms with Crippen LogP contribution in [0.2, 0.25) is 0 Å². The van der Waals surface area contributed by atoms with Gasteiger partial charge in [0.2, 0.25) is 0 Å². The van der Waals surface area contributed by atoms with Crippen molar-refractivity contribution < 1.29 is 0 Å². The quantitative estimate of drug-likeness (QED) is 0.111. The molecule has 3 heterocycles. The van der Waals surface area contributed by atoms with Gasteiger partial charge in [0.1, 0.15) is 0 Å². The molecule has 3 aromatic heterocycles. The average Bonchev–Trinajstić information content (AvgIpc) is 0.805. The van der Waals surface area contributed by atoms with Gasteiger partial charge in [-0.25, -0.2) is 0 Å². The molecule has 16 rings (SSSR count). The van der Waals surface area contributed by atoms with E-state index in [4.69, 9.17) is 15.0 Å². The molecule has 484 valence electrons. The van der Waals surface area contributed by atoms with E-state index in [9.17, 15) is 0 Å². The van der Waals surface area contributed by atoms with Crippen LogP contribution in [0.3, 0.4) is 0 Å². The van der Waals surface area contributed by atoms with Crippen LogP contribution in [-0.2, 0) is 0 Å². The summed E-state index contributed by atoms with van der Waals surface area (Å²) in [6, 6.07) is 131. The van der Waals surface area contributed by atoms with Crippen molar-refractivity contribution in [2.45, 2.75) is 13.8 Å². The van der Waals surface area contributed by atoms with Crippen LogP contribution in [0.15, 0.2) is 399 Å². The fraction of sp³-hybridized carbons (Fsp3) is 0.0211. The first kappa shape index (κ1) is 65.7. The van der Waals surface area contributed by atoms with Crippen molar-refractivity contribution in [2.24, 2.45) is 0 Å². The van der Waals surface area contributed by atoms with E-state index in [1.165, 1.54) is 66.8 Å². The molecule has 0 aliphatic carbocycles. The van der Waals surface area contributed by atoms with Crippen molar-refractivity contribution in [2.75, 3.05) is 10.2 Å². The predicted octanol–water partition coefficient (Wildman–Crippen LogP) is 26.5. The van der Waals surface area contributed by atoms with Gasteiger partial charge >= 0.3 is 0 Å². The molecule has 0 amide bonds. The van der Waals surface area contributed by atoms with Crippen LogP contribution in [0.4, 0.5) is 28.4 Å². The molecule has 0 saturated carbocycles. The Morgan fingerprint density at radius 2 is 0.624 bits per heavy atom. The smallest absolute Gasteiger partial charge is 0.0709 e. The Bertz CT molecular complexity index is 5420. The molecule has 0 fully saturated rings. The highest BCUT2D eigenvalue weighted by molar-refractivity contribution is 9.10. The maximum absolute atomic E-state index is 4.91. The number of hydrogen-bond donors (Lipinski definition) is 1. The Kier molecular flexibility index (Phi) is 20.6. The Hall–Kier alpha value is -12.6. The van der Waals surface area contributed by atoms with Crippen LogP contribution in [0, 0.1) is 13.8 Å². The number of aromatic nitrogens is 3. The van der Waals surface area contributed by atoms with Gasteiger partial charge in [-0.05, 0) is 183 Å². The van der Waals surface area contributed by atoms with Gasteiger partial charge in [-0.1, -0.05) is 301 Å². The molecular weight excluding hydrogens is 1290 g/mol. The standard InChI is InChI=1S/C47H35N3.C30H24N2.C18H13Br/c1-34-33-49-46(32-44(34)37-19-9-4-10-20-37)40-22-14-24-42(30-40)50(47-26-12-11-25-43(47)36-17-7-3-8-18-36)41-23-13-21-39(29-41)45-31-38(27-28-48-45)35-15-5-2-6-16-35;1-22-21-31-30(20-28(22)24-13-6-3-7-14-24)25-15-10-16-26(19-25)32-29-18-9-8-17-27(29)23-11-4-2-5-12-23;19-18-11-5-10-17(13-18)16-9-4-8-15(12-16)14-6-2-1-3-7-14/h2-33H,1H3;2-21,32H,1H3;1-13H. The highest BCUT2D eigenvalue weighted by Crippen LogP contribution is 2.44. The molecule has 0 unspecified atom stereocenters. The van der Waals surface area contributed by atoms with Gasteiger partial charge < -0.3 is 10.2 Å².